The Morgan fingerprint density at radius 3 is 2.33 bits per heavy atom. The molecule has 1 saturated carbocycles. The minimum Gasteiger partial charge on any atom is -0.355 e. The minimum atomic E-state index is 0.107. The molecule has 0 bridgehead atoms. The van der Waals surface area contributed by atoms with Crippen LogP contribution >= 0.6 is 0 Å². The van der Waals surface area contributed by atoms with Gasteiger partial charge in [-0.05, 0) is 44.8 Å². The molecule has 1 aliphatic rings. The Kier molecular flexibility index (Phi) is 5.60. The second-order valence-corrected chi connectivity index (χ2v) is 6.31. The Morgan fingerprint density at radius 2 is 2.00 bits per heavy atom. The lowest BCUT2D eigenvalue weighted by Gasteiger charge is -2.40. The third-order valence-corrected chi connectivity index (χ3v) is 4.32. The molecule has 3 N–H and O–H groups in total. The Hall–Kier alpha value is -0.610. The van der Waals surface area contributed by atoms with Crippen LogP contribution in [0.3, 0.4) is 0 Å². The van der Waals surface area contributed by atoms with Crippen LogP contribution in [0.15, 0.2) is 0 Å². The van der Waals surface area contributed by atoms with E-state index < -0.39 is 0 Å². The predicted octanol–water partition coefficient (Wildman–Crippen LogP) is 1.21. The number of hydrogen-bond donors (Lipinski definition) is 2. The highest BCUT2D eigenvalue weighted by Crippen LogP contribution is 2.42. The molecule has 1 amide bonds. The average Bonchev–Trinajstić information content (AvgIpc) is 2.22. The zero-order chi connectivity index (χ0) is 13.8. The highest BCUT2D eigenvalue weighted by molar-refractivity contribution is 5.76. The summed E-state index contributed by atoms with van der Waals surface area (Å²) in [4.78, 5) is 14.1. The van der Waals surface area contributed by atoms with Crippen molar-refractivity contribution in [3.8, 4) is 0 Å². The van der Waals surface area contributed by atoms with Gasteiger partial charge in [0.25, 0.3) is 0 Å². The Bertz CT molecular complexity index is 259. The van der Waals surface area contributed by atoms with Gasteiger partial charge >= 0.3 is 0 Å². The molecule has 0 aromatic carbocycles. The summed E-state index contributed by atoms with van der Waals surface area (Å²) in [6.07, 6.45) is 4.04. The Morgan fingerprint density at radius 1 is 1.39 bits per heavy atom. The van der Waals surface area contributed by atoms with Crippen molar-refractivity contribution in [1.82, 2.24) is 10.2 Å². The van der Waals surface area contributed by atoms with E-state index in [1.54, 1.807) is 0 Å². The van der Waals surface area contributed by atoms with Crippen molar-refractivity contribution >= 4 is 5.91 Å². The van der Waals surface area contributed by atoms with Crippen LogP contribution in [0.2, 0.25) is 0 Å². The second-order valence-electron chi connectivity index (χ2n) is 6.31. The van der Waals surface area contributed by atoms with Gasteiger partial charge in [0.1, 0.15) is 0 Å². The molecule has 0 aromatic heterocycles. The molecule has 1 aliphatic carbocycles. The minimum absolute atomic E-state index is 0.107. The summed E-state index contributed by atoms with van der Waals surface area (Å²) in [7, 11) is 4.12. The van der Waals surface area contributed by atoms with E-state index in [4.69, 9.17) is 5.73 Å². The van der Waals surface area contributed by atoms with E-state index in [9.17, 15) is 4.79 Å². The summed E-state index contributed by atoms with van der Waals surface area (Å²) in [5.41, 5.74) is 5.89. The molecule has 1 unspecified atom stereocenters. The zero-order valence-corrected chi connectivity index (χ0v) is 12.3. The van der Waals surface area contributed by atoms with Crippen molar-refractivity contribution in [3.63, 3.8) is 0 Å². The van der Waals surface area contributed by atoms with Crippen LogP contribution in [0.4, 0.5) is 0 Å². The molecule has 4 heteroatoms. The SMILES string of the molecule is CC(C)C(CNC(=O)CC1(CN)CCC1)N(C)C. The second kappa shape index (κ2) is 6.53. The van der Waals surface area contributed by atoms with Crippen molar-refractivity contribution in [3.05, 3.63) is 0 Å². The largest absolute Gasteiger partial charge is 0.355 e. The molecule has 0 radical (unpaired) electrons. The molecule has 0 aromatic rings. The first-order valence-electron chi connectivity index (χ1n) is 7.03. The average molecular weight is 255 g/mol. The monoisotopic (exact) mass is 255 g/mol. The van der Waals surface area contributed by atoms with Crippen LogP contribution in [0.5, 0.6) is 0 Å². The molecule has 4 nitrogen and oxygen atoms in total. The first-order chi connectivity index (χ1) is 8.40. The fraction of sp³-hybridized carbons (Fsp3) is 0.929. The summed E-state index contributed by atoms with van der Waals surface area (Å²) in [6, 6.07) is 0.393. The standard InChI is InChI=1S/C14H29N3O/c1-11(2)12(17(3)4)9-16-13(18)8-14(10-15)6-5-7-14/h11-12H,5-10,15H2,1-4H3,(H,16,18). The first-order valence-corrected chi connectivity index (χ1v) is 7.03. The highest BCUT2D eigenvalue weighted by Gasteiger charge is 2.37. The Balaban J connectivity index is 2.36. The van der Waals surface area contributed by atoms with Crippen molar-refractivity contribution < 1.29 is 4.79 Å². The number of nitrogens with one attached hydrogen (secondary N) is 1. The molecular weight excluding hydrogens is 226 g/mol. The highest BCUT2D eigenvalue weighted by atomic mass is 16.1. The van der Waals surface area contributed by atoms with Crippen LogP contribution in [0, 0.1) is 11.3 Å². The van der Waals surface area contributed by atoms with Crippen LogP contribution in [0.25, 0.3) is 0 Å². The predicted molar refractivity (Wildman–Crippen MR) is 75.3 cm³/mol. The van der Waals surface area contributed by atoms with Gasteiger partial charge in [-0.15, -0.1) is 0 Å². The fourth-order valence-electron chi connectivity index (χ4n) is 2.77. The maximum atomic E-state index is 12.0. The van der Waals surface area contributed by atoms with E-state index in [0.717, 1.165) is 19.4 Å². The van der Waals surface area contributed by atoms with Gasteiger partial charge in [0.15, 0.2) is 0 Å². The molecule has 0 saturated heterocycles. The van der Waals surface area contributed by atoms with Crippen LogP contribution in [-0.2, 0) is 4.79 Å². The lowest BCUT2D eigenvalue weighted by Crippen LogP contribution is -2.46. The maximum Gasteiger partial charge on any atom is 0.220 e. The molecule has 1 rings (SSSR count). The van der Waals surface area contributed by atoms with Crippen LogP contribution < -0.4 is 11.1 Å². The van der Waals surface area contributed by atoms with E-state index in [2.05, 4.69) is 38.2 Å². The topological polar surface area (TPSA) is 58.4 Å². The van der Waals surface area contributed by atoms with Gasteiger partial charge in [-0.2, -0.15) is 0 Å². The number of nitrogens with two attached hydrogens (primary N) is 1. The van der Waals surface area contributed by atoms with Crippen molar-refractivity contribution in [1.29, 1.82) is 0 Å². The lowest BCUT2D eigenvalue weighted by molar-refractivity contribution is -0.125. The molecule has 1 atom stereocenters. The number of carbonyl (C=O) groups is 1. The normalized spacial score (nSPS) is 19.7. The number of nitrogens with zero attached hydrogens (tertiary/aromatic N) is 1. The lowest BCUT2D eigenvalue weighted by atomic mass is 9.66. The number of rotatable bonds is 7. The van der Waals surface area contributed by atoms with Crippen LogP contribution in [-0.4, -0.2) is 44.0 Å². The van der Waals surface area contributed by atoms with Gasteiger partial charge in [0.2, 0.25) is 5.91 Å². The smallest absolute Gasteiger partial charge is 0.220 e. The number of amides is 1. The van der Waals surface area contributed by atoms with E-state index in [-0.39, 0.29) is 11.3 Å². The summed E-state index contributed by atoms with van der Waals surface area (Å²) < 4.78 is 0. The number of likely N-dealkylation sites (N-methyl/N-ethyl adjacent to an activating group) is 1. The van der Waals surface area contributed by atoms with E-state index in [0.29, 0.717) is 24.9 Å². The molecular formula is C14H29N3O. The Labute approximate surface area is 111 Å². The summed E-state index contributed by atoms with van der Waals surface area (Å²) in [6.45, 7) is 5.74. The van der Waals surface area contributed by atoms with Gasteiger partial charge in [0.05, 0.1) is 0 Å². The van der Waals surface area contributed by atoms with E-state index in [1.807, 2.05) is 0 Å². The summed E-state index contributed by atoms with van der Waals surface area (Å²) in [5.74, 6) is 0.695. The number of hydrogen-bond acceptors (Lipinski definition) is 3. The quantitative estimate of drug-likeness (QED) is 0.719. The summed E-state index contributed by atoms with van der Waals surface area (Å²) >= 11 is 0. The third kappa shape index (κ3) is 3.95. The zero-order valence-electron chi connectivity index (χ0n) is 12.3. The molecule has 0 heterocycles. The molecule has 18 heavy (non-hydrogen) atoms. The summed E-state index contributed by atoms with van der Waals surface area (Å²) in [5, 5.41) is 3.07. The molecule has 1 fully saturated rings. The molecule has 106 valence electrons. The van der Waals surface area contributed by atoms with E-state index >= 15 is 0 Å². The fourth-order valence-corrected chi connectivity index (χ4v) is 2.77. The third-order valence-electron chi connectivity index (χ3n) is 4.32. The van der Waals surface area contributed by atoms with Crippen LogP contribution in [0.1, 0.15) is 39.5 Å². The van der Waals surface area contributed by atoms with Gasteiger partial charge in [-0.1, -0.05) is 20.3 Å². The van der Waals surface area contributed by atoms with Gasteiger partial charge in [-0.25, -0.2) is 0 Å². The molecule has 0 spiro atoms. The van der Waals surface area contributed by atoms with Gasteiger partial charge in [-0.3, -0.25) is 4.79 Å². The maximum absolute atomic E-state index is 12.0. The van der Waals surface area contributed by atoms with Crippen molar-refractivity contribution in [2.24, 2.45) is 17.1 Å². The van der Waals surface area contributed by atoms with Gasteiger partial charge < -0.3 is 16.0 Å². The van der Waals surface area contributed by atoms with Crippen molar-refractivity contribution in [2.75, 3.05) is 27.2 Å². The van der Waals surface area contributed by atoms with E-state index in [1.165, 1.54) is 6.42 Å². The van der Waals surface area contributed by atoms with Crippen molar-refractivity contribution in [2.45, 2.75) is 45.6 Å². The first kappa shape index (κ1) is 15.4. The molecule has 0 aliphatic heterocycles. The number of carbonyl (C=O) groups excluding carboxylic acids is 1. The van der Waals surface area contributed by atoms with Gasteiger partial charge in [0, 0.05) is 19.0 Å².